The molecule has 0 atom stereocenters. The normalized spacial score (nSPS) is 12.2. The Hall–Kier alpha value is -5.28. The first-order valence-electron chi connectivity index (χ1n) is 17.2. The van der Waals surface area contributed by atoms with E-state index in [1.54, 1.807) is 0 Å². The van der Waals surface area contributed by atoms with Crippen LogP contribution >= 0.6 is 15.8 Å². The predicted molar refractivity (Wildman–Crippen MR) is 214 cm³/mol. The van der Waals surface area contributed by atoms with Crippen molar-refractivity contribution in [3.8, 4) is 11.1 Å². The van der Waals surface area contributed by atoms with Crippen LogP contribution in [0.2, 0.25) is 0 Å². The summed E-state index contributed by atoms with van der Waals surface area (Å²) in [4.78, 5) is 0. The molecule has 0 aromatic heterocycles. The monoisotopic (exact) mass is 758 g/mol. The smallest absolute Gasteiger partial charge is 0.166 e. The van der Waals surface area contributed by atoms with Gasteiger partial charge >= 0.3 is 12.4 Å². The largest absolute Gasteiger partial charge is 0.416 e. The maximum atomic E-state index is 13.8. The van der Waals surface area contributed by atoms with Crippen molar-refractivity contribution in [1.82, 2.24) is 0 Å². The van der Waals surface area contributed by atoms with Crippen molar-refractivity contribution in [2.45, 2.75) is 12.4 Å². The Balaban J connectivity index is 1.49. The van der Waals surface area contributed by atoms with Gasteiger partial charge in [0.1, 0.15) is 0 Å². The zero-order valence-corrected chi connectivity index (χ0v) is 30.3. The number of benzene rings is 8. The molecule has 0 saturated carbocycles. The first-order valence-corrected chi connectivity index (χ1v) is 19.8. The molecule has 0 N–H and O–H groups in total. The Morgan fingerprint density at radius 1 is 0.296 bits per heavy atom. The van der Waals surface area contributed by atoms with Gasteiger partial charge in [0.15, 0.2) is 0 Å². The van der Waals surface area contributed by atoms with Gasteiger partial charge in [-0.1, -0.05) is 158 Å². The van der Waals surface area contributed by atoms with E-state index in [4.69, 9.17) is 0 Å². The molecular formula is C46H30F6P2. The topological polar surface area (TPSA) is 0 Å². The Kier molecular flexibility index (Phi) is 9.60. The molecule has 0 amide bonds. The molecule has 8 heteroatoms. The van der Waals surface area contributed by atoms with Crippen LogP contribution in [-0.4, -0.2) is 0 Å². The molecule has 0 saturated heterocycles. The highest BCUT2D eigenvalue weighted by Gasteiger charge is 2.33. The van der Waals surface area contributed by atoms with Gasteiger partial charge in [-0.25, -0.2) is 0 Å². The van der Waals surface area contributed by atoms with Crippen LogP contribution in [0.4, 0.5) is 26.3 Å². The molecule has 0 heterocycles. The summed E-state index contributed by atoms with van der Waals surface area (Å²) in [5, 5.41) is 9.30. The van der Waals surface area contributed by atoms with Crippen LogP contribution in [0, 0.1) is 0 Å². The summed E-state index contributed by atoms with van der Waals surface area (Å²) < 4.78 is 83.0. The molecule has 266 valence electrons. The molecular weight excluding hydrogens is 728 g/mol. The zero-order valence-electron chi connectivity index (χ0n) is 28.5. The zero-order chi connectivity index (χ0) is 37.5. The molecule has 0 radical (unpaired) electrons. The SMILES string of the molecule is FC(F)(F)c1ccc(P(c2ccc(C(F)(F)F)cc2)c2ccc3ccccc3c2-c2c(P(c3ccccc3)c3ccccc3)ccc3ccccc23)cc1. The minimum absolute atomic E-state index is 0.587. The average Bonchev–Trinajstić information content (AvgIpc) is 3.19. The Bertz CT molecular complexity index is 2470. The lowest BCUT2D eigenvalue weighted by molar-refractivity contribution is -0.138. The fraction of sp³-hybridized carbons (Fsp3) is 0.0435. The summed E-state index contributed by atoms with van der Waals surface area (Å²) >= 11 is 0. The summed E-state index contributed by atoms with van der Waals surface area (Å²) in [7, 11) is -2.82. The number of hydrogen-bond acceptors (Lipinski definition) is 0. The van der Waals surface area contributed by atoms with Gasteiger partial charge in [-0.05, 0) is 105 Å². The van der Waals surface area contributed by atoms with E-state index in [0.717, 1.165) is 78.2 Å². The van der Waals surface area contributed by atoms with Gasteiger partial charge in [0.2, 0.25) is 0 Å². The lowest BCUT2D eigenvalue weighted by Crippen LogP contribution is -2.26. The Labute approximate surface area is 311 Å². The highest BCUT2D eigenvalue weighted by atomic mass is 31.1. The van der Waals surface area contributed by atoms with Gasteiger partial charge < -0.3 is 0 Å². The lowest BCUT2D eigenvalue weighted by Gasteiger charge is -2.28. The Morgan fingerprint density at radius 3 is 0.963 bits per heavy atom. The van der Waals surface area contributed by atoms with Crippen molar-refractivity contribution < 1.29 is 26.3 Å². The molecule has 0 spiro atoms. The summed E-state index contributed by atoms with van der Waals surface area (Å²) in [6.45, 7) is 0. The van der Waals surface area contributed by atoms with Gasteiger partial charge in [-0.3, -0.25) is 0 Å². The summed E-state index contributed by atoms with van der Waals surface area (Å²) in [6.07, 6.45) is -9.10. The second-order valence-electron chi connectivity index (χ2n) is 12.8. The number of halogens is 6. The number of hydrogen-bond donors (Lipinski definition) is 0. The van der Waals surface area contributed by atoms with Gasteiger partial charge in [-0.2, -0.15) is 26.3 Å². The van der Waals surface area contributed by atoms with Crippen LogP contribution in [0.15, 0.2) is 182 Å². The first kappa shape index (κ1) is 35.7. The van der Waals surface area contributed by atoms with Crippen LogP contribution in [0.3, 0.4) is 0 Å². The van der Waals surface area contributed by atoms with E-state index in [9.17, 15) is 26.3 Å². The lowest BCUT2D eigenvalue weighted by atomic mass is 9.93. The maximum Gasteiger partial charge on any atom is 0.416 e. The highest BCUT2D eigenvalue weighted by Crippen LogP contribution is 2.46. The van der Waals surface area contributed by atoms with Gasteiger partial charge in [0.05, 0.1) is 11.1 Å². The second-order valence-corrected chi connectivity index (χ2v) is 17.2. The van der Waals surface area contributed by atoms with E-state index in [0.29, 0.717) is 10.6 Å². The van der Waals surface area contributed by atoms with E-state index in [2.05, 4.69) is 54.6 Å². The maximum absolute atomic E-state index is 13.8. The van der Waals surface area contributed by atoms with Crippen molar-refractivity contribution in [2.24, 2.45) is 0 Å². The third-order valence-corrected chi connectivity index (χ3v) is 14.4. The molecule has 0 aliphatic rings. The number of rotatable bonds is 7. The minimum Gasteiger partial charge on any atom is -0.166 e. The van der Waals surface area contributed by atoms with Crippen LogP contribution < -0.4 is 31.8 Å². The molecule has 54 heavy (non-hydrogen) atoms. The van der Waals surface area contributed by atoms with E-state index < -0.39 is 39.3 Å². The summed E-state index contributed by atoms with van der Waals surface area (Å²) in [6, 6.07) is 55.3. The first-order chi connectivity index (χ1) is 26.1. The van der Waals surface area contributed by atoms with Crippen molar-refractivity contribution in [1.29, 1.82) is 0 Å². The van der Waals surface area contributed by atoms with Crippen LogP contribution in [0.1, 0.15) is 11.1 Å². The predicted octanol–water partition coefficient (Wildman–Crippen LogP) is 11.2. The van der Waals surface area contributed by atoms with Crippen molar-refractivity contribution >= 4 is 69.2 Å². The average molecular weight is 759 g/mol. The third-order valence-electron chi connectivity index (χ3n) is 9.48. The van der Waals surface area contributed by atoms with Gasteiger partial charge in [-0.15, -0.1) is 0 Å². The molecule has 0 aliphatic carbocycles. The molecule has 0 unspecified atom stereocenters. The van der Waals surface area contributed by atoms with Crippen LogP contribution in [0.25, 0.3) is 32.7 Å². The Morgan fingerprint density at radius 2 is 0.611 bits per heavy atom. The number of fused-ring (bicyclic) bond motifs is 2. The fourth-order valence-electron chi connectivity index (χ4n) is 7.03. The standard InChI is InChI=1S/C46H30F6P2/c47-45(48,49)33-21-25-37(26-22-33)54(38-27-23-34(24-28-38)46(50,51)52)42-30-20-32-12-8-10-18-40(32)44(42)43-39-17-9-7-11-31(39)19-29-41(43)53(35-13-3-1-4-14-35)36-15-5-2-6-16-36/h1-30H. The summed E-state index contributed by atoms with van der Waals surface area (Å²) in [5.74, 6) is 0. The summed E-state index contributed by atoms with van der Waals surface area (Å²) in [5.41, 5.74) is 0.315. The third kappa shape index (κ3) is 6.93. The molecule has 0 aliphatic heterocycles. The van der Waals surface area contributed by atoms with Crippen LogP contribution in [-0.2, 0) is 12.4 Å². The molecule has 0 fully saturated rings. The quantitative estimate of drug-likeness (QED) is 0.112. The van der Waals surface area contributed by atoms with E-state index in [1.807, 2.05) is 78.9 Å². The van der Waals surface area contributed by atoms with E-state index in [-0.39, 0.29) is 0 Å². The van der Waals surface area contributed by atoms with Gasteiger partial charge in [0.25, 0.3) is 0 Å². The molecule has 8 aromatic rings. The van der Waals surface area contributed by atoms with Crippen LogP contribution in [0.5, 0.6) is 0 Å². The fourth-order valence-corrected chi connectivity index (χ4v) is 11.9. The van der Waals surface area contributed by atoms with Crippen molar-refractivity contribution in [3.05, 3.63) is 193 Å². The molecule has 8 aromatic carbocycles. The van der Waals surface area contributed by atoms with Crippen molar-refractivity contribution in [3.63, 3.8) is 0 Å². The molecule has 0 nitrogen and oxygen atoms in total. The van der Waals surface area contributed by atoms with E-state index in [1.165, 1.54) is 24.3 Å². The van der Waals surface area contributed by atoms with Crippen molar-refractivity contribution in [2.75, 3.05) is 0 Å². The van der Waals surface area contributed by atoms with Gasteiger partial charge in [0, 0.05) is 0 Å². The second kappa shape index (κ2) is 14.5. The minimum atomic E-state index is -4.55. The molecule has 0 bridgehead atoms. The molecule has 8 rings (SSSR count). The van der Waals surface area contributed by atoms with E-state index >= 15 is 0 Å². The highest BCUT2D eigenvalue weighted by molar-refractivity contribution is 7.80. The number of alkyl halides is 6.